The Kier molecular flexibility index (Phi) is 2.97. The third-order valence-corrected chi connectivity index (χ3v) is 3.23. The first-order valence-electron chi connectivity index (χ1n) is 4.87. The van der Waals surface area contributed by atoms with Gasteiger partial charge in [0.1, 0.15) is 0 Å². The topological polar surface area (TPSA) is 41.6 Å². The van der Waals surface area contributed by atoms with E-state index in [1.54, 1.807) is 17.8 Å². The number of nitrogens with zero attached hydrogens (tertiary/aromatic N) is 3. The van der Waals surface area contributed by atoms with Gasteiger partial charge in [0.05, 0.1) is 22.4 Å². The first-order valence-corrected chi connectivity index (χ1v) is 5.69. The van der Waals surface area contributed by atoms with E-state index in [0.29, 0.717) is 5.56 Å². The maximum atomic E-state index is 8.81. The summed E-state index contributed by atoms with van der Waals surface area (Å²) in [6, 6.07) is 11.7. The third kappa shape index (κ3) is 2.26. The van der Waals surface area contributed by atoms with Gasteiger partial charge in [-0.2, -0.15) is 10.4 Å². The molecule has 3 nitrogen and oxygen atoms in total. The Morgan fingerprint density at radius 3 is 2.81 bits per heavy atom. The average molecular weight is 229 g/mol. The highest BCUT2D eigenvalue weighted by molar-refractivity contribution is 7.99. The molecule has 2 rings (SSSR count). The van der Waals surface area contributed by atoms with E-state index in [9.17, 15) is 0 Å². The van der Waals surface area contributed by atoms with E-state index in [-0.39, 0.29) is 0 Å². The van der Waals surface area contributed by atoms with Crippen LogP contribution < -0.4 is 0 Å². The Bertz CT molecular complexity index is 552. The van der Waals surface area contributed by atoms with Crippen LogP contribution in [0, 0.1) is 18.3 Å². The van der Waals surface area contributed by atoms with Gasteiger partial charge in [-0.25, -0.2) is 0 Å². The second-order valence-corrected chi connectivity index (χ2v) is 4.58. The van der Waals surface area contributed by atoms with Crippen molar-refractivity contribution in [3.63, 3.8) is 0 Å². The normalized spacial score (nSPS) is 10.1. The van der Waals surface area contributed by atoms with Gasteiger partial charge >= 0.3 is 0 Å². The molecule has 4 heteroatoms. The van der Waals surface area contributed by atoms with E-state index in [1.807, 2.05) is 42.9 Å². The summed E-state index contributed by atoms with van der Waals surface area (Å²) in [5.41, 5.74) is 1.69. The van der Waals surface area contributed by atoms with E-state index < -0.39 is 0 Å². The lowest BCUT2D eigenvalue weighted by Crippen LogP contribution is -1.92. The standard InChI is InChI=1S/C12H11N3S/c1-9-6-12(15(2)14-9)16-11-5-3-4-10(7-11)8-13/h3-7H,1-2H3. The molecule has 2 aromatic rings. The molecule has 16 heavy (non-hydrogen) atoms. The van der Waals surface area contributed by atoms with E-state index >= 15 is 0 Å². The average Bonchev–Trinajstić information content (AvgIpc) is 2.58. The molecule has 0 amide bonds. The molecule has 0 aliphatic heterocycles. The summed E-state index contributed by atoms with van der Waals surface area (Å²) in [6.07, 6.45) is 0. The molecule has 0 bridgehead atoms. The molecule has 0 aliphatic carbocycles. The van der Waals surface area contributed by atoms with Gasteiger partial charge in [-0.15, -0.1) is 0 Å². The Morgan fingerprint density at radius 1 is 1.38 bits per heavy atom. The zero-order chi connectivity index (χ0) is 11.5. The van der Waals surface area contributed by atoms with Gasteiger partial charge in [0.15, 0.2) is 0 Å². The lowest BCUT2D eigenvalue weighted by Gasteiger charge is -2.01. The van der Waals surface area contributed by atoms with Crippen molar-refractivity contribution in [2.45, 2.75) is 16.8 Å². The highest BCUT2D eigenvalue weighted by Crippen LogP contribution is 2.28. The molecular weight excluding hydrogens is 218 g/mol. The Labute approximate surface area is 98.7 Å². The van der Waals surface area contributed by atoms with Crippen LogP contribution in [0.4, 0.5) is 0 Å². The minimum Gasteiger partial charge on any atom is -0.262 e. The molecule has 0 saturated heterocycles. The molecule has 1 heterocycles. The molecule has 0 fully saturated rings. The number of hydrogen-bond acceptors (Lipinski definition) is 3. The maximum absolute atomic E-state index is 8.81. The van der Waals surface area contributed by atoms with Crippen LogP contribution in [-0.4, -0.2) is 9.78 Å². The summed E-state index contributed by atoms with van der Waals surface area (Å²) >= 11 is 1.61. The smallest absolute Gasteiger partial charge is 0.0992 e. The molecule has 0 N–H and O–H groups in total. The van der Waals surface area contributed by atoms with Crippen LogP contribution in [-0.2, 0) is 7.05 Å². The first kappa shape index (κ1) is 10.8. The van der Waals surface area contributed by atoms with Crippen LogP contribution in [0.2, 0.25) is 0 Å². The molecule has 0 saturated carbocycles. The van der Waals surface area contributed by atoms with Gasteiger partial charge in [-0.05, 0) is 31.2 Å². The lowest BCUT2D eigenvalue weighted by atomic mass is 10.2. The molecule has 0 spiro atoms. The molecule has 0 atom stereocenters. The predicted molar refractivity (Wildman–Crippen MR) is 63.2 cm³/mol. The van der Waals surface area contributed by atoms with Crippen LogP contribution in [0.25, 0.3) is 0 Å². The lowest BCUT2D eigenvalue weighted by molar-refractivity contribution is 0.692. The van der Waals surface area contributed by atoms with Crippen molar-refractivity contribution >= 4 is 11.8 Å². The Hall–Kier alpha value is -1.73. The van der Waals surface area contributed by atoms with Crippen molar-refractivity contribution in [2.75, 3.05) is 0 Å². The van der Waals surface area contributed by atoms with Crippen LogP contribution in [0.1, 0.15) is 11.3 Å². The zero-order valence-corrected chi connectivity index (χ0v) is 9.95. The van der Waals surface area contributed by atoms with E-state index in [2.05, 4.69) is 11.2 Å². The summed E-state index contributed by atoms with van der Waals surface area (Å²) in [6.45, 7) is 1.97. The van der Waals surface area contributed by atoms with Gasteiger partial charge < -0.3 is 0 Å². The SMILES string of the molecule is Cc1cc(Sc2cccc(C#N)c2)n(C)n1. The summed E-state index contributed by atoms with van der Waals surface area (Å²) < 4.78 is 1.85. The Balaban J connectivity index is 2.27. The van der Waals surface area contributed by atoms with Gasteiger partial charge in [0, 0.05) is 11.9 Å². The minimum atomic E-state index is 0.684. The van der Waals surface area contributed by atoms with Crippen molar-refractivity contribution in [3.8, 4) is 6.07 Å². The van der Waals surface area contributed by atoms with Crippen molar-refractivity contribution < 1.29 is 0 Å². The summed E-state index contributed by atoms with van der Waals surface area (Å²) in [5.74, 6) is 0. The second-order valence-electron chi connectivity index (χ2n) is 3.49. The molecule has 0 radical (unpaired) electrons. The highest BCUT2D eigenvalue weighted by Gasteiger charge is 2.04. The van der Waals surface area contributed by atoms with E-state index in [0.717, 1.165) is 15.6 Å². The number of nitriles is 1. The van der Waals surface area contributed by atoms with Crippen LogP contribution >= 0.6 is 11.8 Å². The monoisotopic (exact) mass is 229 g/mol. The third-order valence-electron chi connectivity index (χ3n) is 2.14. The van der Waals surface area contributed by atoms with Gasteiger partial charge in [0.2, 0.25) is 0 Å². The molecule has 80 valence electrons. The molecule has 0 aliphatic rings. The number of benzene rings is 1. The molecular formula is C12H11N3S. The van der Waals surface area contributed by atoms with Gasteiger partial charge in [-0.1, -0.05) is 17.8 Å². The fourth-order valence-electron chi connectivity index (χ4n) is 1.43. The molecule has 1 aromatic carbocycles. The minimum absolute atomic E-state index is 0.684. The number of rotatable bonds is 2. The van der Waals surface area contributed by atoms with Crippen LogP contribution in [0.5, 0.6) is 0 Å². The van der Waals surface area contributed by atoms with Crippen molar-refractivity contribution in [1.29, 1.82) is 5.26 Å². The second kappa shape index (κ2) is 4.42. The van der Waals surface area contributed by atoms with Gasteiger partial charge in [-0.3, -0.25) is 4.68 Å². The summed E-state index contributed by atoms with van der Waals surface area (Å²) in [4.78, 5) is 1.06. The largest absolute Gasteiger partial charge is 0.262 e. The van der Waals surface area contributed by atoms with Crippen molar-refractivity contribution in [1.82, 2.24) is 9.78 Å². The van der Waals surface area contributed by atoms with E-state index in [4.69, 9.17) is 5.26 Å². The first-order chi connectivity index (χ1) is 7.69. The predicted octanol–water partition coefficient (Wildman–Crippen LogP) is 2.75. The number of aryl methyl sites for hydroxylation is 2. The highest BCUT2D eigenvalue weighted by atomic mass is 32.2. The number of aromatic nitrogens is 2. The maximum Gasteiger partial charge on any atom is 0.0992 e. The van der Waals surface area contributed by atoms with E-state index in [1.165, 1.54) is 0 Å². The van der Waals surface area contributed by atoms with Crippen LogP contribution in [0.3, 0.4) is 0 Å². The summed E-state index contributed by atoms with van der Waals surface area (Å²) in [5, 5.41) is 14.2. The Morgan fingerprint density at radius 2 is 2.19 bits per heavy atom. The number of hydrogen-bond donors (Lipinski definition) is 0. The molecule has 0 unspecified atom stereocenters. The van der Waals surface area contributed by atoms with Crippen molar-refractivity contribution in [3.05, 3.63) is 41.6 Å². The van der Waals surface area contributed by atoms with Crippen LogP contribution in [0.15, 0.2) is 40.3 Å². The zero-order valence-electron chi connectivity index (χ0n) is 9.14. The quantitative estimate of drug-likeness (QED) is 0.795. The fourth-order valence-corrected chi connectivity index (χ4v) is 2.41. The summed E-state index contributed by atoms with van der Waals surface area (Å²) in [7, 11) is 1.92. The molecule has 1 aromatic heterocycles. The fraction of sp³-hybridized carbons (Fsp3) is 0.167. The van der Waals surface area contributed by atoms with Crippen molar-refractivity contribution in [2.24, 2.45) is 7.05 Å². The van der Waals surface area contributed by atoms with Gasteiger partial charge in [0.25, 0.3) is 0 Å².